The second-order valence-corrected chi connectivity index (χ2v) is 4.88. The van der Waals surface area contributed by atoms with Gasteiger partial charge in [0, 0.05) is 10.6 Å². The largest absolute Gasteiger partial charge is 0.489 e. The zero-order valence-corrected chi connectivity index (χ0v) is 11.9. The second-order valence-electron chi connectivity index (χ2n) is 4.21. The number of aryl methyl sites for hydroxylation is 1. The minimum atomic E-state index is -0.245. The van der Waals surface area contributed by atoms with Crippen molar-refractivity contribution < 1.29 is 9.13 Å². The summed E-state index contributed by atoms with van der Waals surface area (Å²) in [7, 11) is 0. The molecule has 0 N–H and O–H groups in total. The maximum Gasteiger partial charge on any atom is 0.125 e. The van der Waals surface area contributed by atoms with E-state index in [4.69, 9.17) is 27.9 Å². The summed E-state index contributed by atoms with van der Waals surface area (Å²) in [6.45, 7) is 2.21. The lowest BCUT2D eigenvalue weighted by molar-refractivity contribution is 0.303. The molecule has 0 bridgehead atoms. The number of alkyl halides is 1. The molecule has 0 aromatic heterocycles. The number of halogens is 3. The van der Waals surface area contributed by atoms with Gasteiger partial charge >= 0.3 is 0 Å². The topological polar surface area (TPSA) is 9.23 Å². The van der Waals surface area contributed by atoms with Crippen LogP contribution >= 0.6 is 23.2 Å². The Morgan fingerprint density at radius 2 is 2.00 bits per heavy atom. The molecule has 0 radical (unpaired) electrons. The van der Waals surface area contributed by atoms with Crippen LogP contribution in [0.5, 0.6) is 5.75 Å². The fraction of sp³-hybridized carbons (Fsp3) is 0.200. The Morgan fingerprint density at radius 3 is 2.68 bits per heavy atom. The first kappa shape index (κ1) is 14.2. The molecule has 0 heterocycles. The molecule has 0 unspecified atom stereocenters. The molecule has 2 rings (SSSR count). The lowest BCUT2D eigenvalue weighted by Gasteiger charge is -2.12. The van der Waals surface area contributed by atoms with Gasteiger partial charge in [-0.25, -0.2) is 4.39 Å². The summed E-state index contributed by atoms with van der Waals surface area (Å²) in [4.78, 5) is 0. The molecule has 0 aliphatic carbocycles. The van der Waals surface area contributed by atoms with Crippen LogP contribution in [0.25, 0.3) is 0 Å². The van der Waals surface area contributed by atoms with Crippen LogP contribution in [0.15, 0.2) is 36.4 Å². The van der Waals surface area contributed by atoms with E-state index in [1.165, 1.54) is 12.1 Å². The number of hydrogen-bond donors (Lipinski definition) is 0. The van der Waals surface area contributed by atoms with Crippen molar-refractivity contribution in [3.63, 3.8) is 0 Å². The molecule has 0 aliphatic heterocycles. The molecule has 19 heavy (non-hydrogen) atoms. The van der Waals surface area contributed by atoms with Crippen LogP contribution in [0.2, 0.25) is 5.02 Å². The van der Waals surface area contributed by atoms with Crippen LogP contribution in [-0.4, -0.2) is 0 Å². The van der Waals surface area contributed by atoms with Gasteiger partial charge in [-0.15, -0.1) is 11.6 Å². The third-order valence-electron chi connectivity index (χ3n) is 2.90. The number of benzene rings is 2. The van der Waals surface area contributed by atoms with Crippen molar-refractivity contribution in [3.8, 4) is 5.75 Å². The van der Waals surface area contributed by atoms with E-state index in [0.29, 0.717) is 17.4 Å². The average molecular weight is 299 g/mol. The maximum absolute atomic E-state index is 13.0. The van der Waals surface area contributed by atoms with E-state index in [1.54, 1.807) is 12.1 Å². The van der Waals surface area contributed by atoms with Crippen LogP contribution in [0.4, 0.5) is 4.39 Å². The lowest BCUT2D eigenvalue weighted by atomic mass is 10.1. The van der Waals surface area contributed by atoms with Crippen molar-refractivity contribution in [2.75, 3.05) is 0 Å². The van der Waals surface area contributed by atoms with E-state index in [2.05, 4.69) is 0 Å². The summed E-state index contributed by atoms with van der Waals surface area (Å²) < 4.78 is 18.7. The first-order chi connectivity index (χ1) is 9.11. The Hall–Kier alpha value is -1.25. The van der Waals surface area contributed by atoms with E-state index < -0.39 is 0 Å². The highest BCUT2D eigenvalue weighted by Gasteiger charge is 2.08. The normalized spacial score (nSPS) is 10.5. The average Bonchev–Trinajstić information content (AvgIpc) is 2.38. The molecule has 0 atom stereocenters. The molecule has 0 saturated carbocycles. The van der Waals surface area contributed by atoms with Crippen LogP contribution in [0, 0.1) is 12.7 Å². The van der Waals surface area contributed by atoms with Gasteiger partial charge in [-0.2, -0.15) is 0 Å². The van der Waals surface area contributed by atoms with Gasteiger partial charge in [0.15, 0.2) is 0 Å². The quantitative estimate of drug-likeness (QED) is 0.713. The van der Waals surface area contributed by atoms with Crippen molar-refractivity contribution in [2.24, 2.45) is 0 Å². The van der Waals surface area contributed by atoms with E-state index in [9.17, 15) is 4.39 Å². The van der Waals surface area contributed by atoms with Crippen molar-refractivity contribution >= 4 is 23.2 Å². The van der Waals surface area contributed by atoms with Crippen molar-refractivity contribution in [1.29, 1.82) is 0 Å². The van der Waals surface area contributed by atoms with Crippen molar-refractivity contribution in [2.45, 2.75) is 19.4 Å². The van der Waals surface area contributed by atoms with Gasteiger partial charge in [0.2, 0.25) is 0 Å². The number of hydrogen-bond acceptors (Lipinski definition) is 1. The molecule has 0 saturated heterocycles. The molecule has 0 aliphatic rings. The van der Waals surface area contributed by atoms with Gasteiger partial charge in [0.25, 0.3) is 0 Å². The number of ether oxygens (including phenoxy) is 1. The highest BCUT2D eigenvalue weighted by atomic mass is 35.5. The summed E-state index contributed by atoms with van der Waals surface area (Å²) >= 11 is 11.9. The fourth-order valence-corrected chi connectivity index (χ4v) is 2.36. The molecule has 1 nitrogen and oxygen atoms in total. The lowest BCUT2D eigenvalue weighted by Crippen LogP contribution is -2.00. The number of rotatable bonds is 4. The van der Waals surface area contributed by atoms with E-state index in [1.807, 2.05) is 19.1 Å². The molecular formula is C15H13Cl2FO. The molecule has 2 aromatic rings. The van der Waals surface area contributed by atoms with Crippen LogP contribution in [-0.2, 0) is 12.5 Å². The summed E-state index contributed by atoms with van der Waals surface area (Å²) in [5, 5.41) is 0.586. The molecule has 0 amide bonds. The summed E-state index contributed by atoms with van der Waals surface area (Å²) in [6.07, 6.45) is 0. The van der Waals surface area contributed by atoms with Gasteiger partial charge in [-0.05, 0) is 42.3 Å². The third-order valence-corrected chi connectivity index (χ3v) is 3.52. The molecule has 100 valence electrons. The Bertz CT molecular complexity index is 584. The minimum absolute atomic E-state index is 0.245. The maximum atomic E-state index is 13.0. The Morgan fingerprint density at radius 1 is 1.21 bits per heavy atom. The Balaban J connectivity index is 2.17. The van der Waals surface area contributed by atoms with Crippen LogP contribution < -0.4 is 4.74 Å². The van der Waals surface area contributed by atoms with Gasteiger partial charge < -0.3 is 4.74 Å². The van der Waals surface area contributed by atoms with Gasteiger partial charge in [-0.3, -0.25) is 0 Å². The summed E-state index contributed by atoms with van der Waals surface area (Å²) in [6, 6.07) is 10.0. The van der Waals surface area contributed by atoms with Crippen LogP contribution in [0.3, 0.4) is 0 Å². The van der Waals surface area contributed by atoms with Gasteiger partial charge in [0.1, 0.15) is 18.2 Å². The monoisotopic (exact) mass is 298 g/mol. The first-order valence-corrected chi connectivity index (χ1v) is 6.74. The highest BCUT2D eigenvalue weighted by Crippen LogP contribution is 2.28. The molecular weight excluding hydrogens is 286 g/mol. The zero-order chi connectivity index (χ0) is 13.8. The van der Waals surface area contributed by atoms with Gasteiger partial charge in [-0.1, -0.05) is 23.7 Å². The summed E-state index contributed by atoms with van der Waals surface area (Å²) in [5.41, 5.74) is 2.56. The smallest absolute Gasteiger partial charge is 0.125 e. The second kappa shape index (κ2) is 6.27. The predicted octanol–water partition coefficient (Wildman–Crippen LogP) is 5.11. The van der Waals surface area contributed by atoms with Crippen molar-refractivity contribution in [3.05, 3.63) is 63.9 Å². The van der Waals surface area contributed by atoms with Gasteiger partial charge in [0.05, 0.1) is 5.88 Å². The summed E-state index contributed by atoms with van der Waals surface area (Å²) in [5.74, 6) is 0.703. The van der Waals surface area contributed by atoms with Crippen LogP contribution in [0.1, 0.15) is 16.7 Å². The van der Waals surface area contributed by atoms with E-state index in [-0.39, 0.29) is 11.7 Å². The third kappa shape index (κ3) is 3.40. The molecule has 2 aromatic carbocycles. The van der Waals surface area contributed by atoms with E-state index >= 15 is 0 Å². The SMILES string of the molecule is Cc1cc(F)ccc1COc1cccc(Cl)c1CCl. The Kier molecular flexibility index (Phi) is 4.67. The predicted molar refractivity (Wildman–Crippen MR) is 76.5 cm³/mol. The van der Waals surface area contributed by atoms with E-state index in [0.717, 1.165) is 16.7 Å². The highest BCUT2D eigenvalue weighted by molar-refractivity contribution is 6.32. The molecule has 0 spiro atoms. The zero-order valence-electron chi connectivity index (χ0n) is 10.4. The van der Waals surface area contributed by atoms with Crippen molar-refractivity contribution in [1.82, 2.24) is 0 Å². The minimum Gasteiger partial charge on any atom is -0.489 e. The fourth-order valence-electron chi connectivity index (χ4n) is 1.78. The Labute approximate surface area is 121 Å². The standard InChI is InChI=1S/C15H13Cl2FO/c1-10-7-12(18)6-5-11(10)9-19-15-4-2-3-14(17)13(15)8-16/h2-7H,8-9H2,1H3. The molecule has 4 heteroatoms. The molecule has 0 fully saturated rings. The first-order valence-electron chi connectivity index (χ1n) is 5.83.